The predicted molar refractivity (Wildman–Crippen MR) is 144 cm³/mol. The van der Waals surface area contributed by atoms with Gasteiger partial charge in [-0.05, 0) is 44.2 Å². The second kappa shape index (κ2) is 12.0. The Hall–Kier alpha value is -1.92. The first-order valence-electron chi connectivity index (χ1n) is 12.2. The van der Waals surface area contributed by atoms with Crippen LogP contribution in [0, 0.1) is 5.41 Å². The lowest BCUT2D eigenvalue weighted by molar-refractivity contribution is 0.0691. The zero-order valence-corrected chi connectivity index (χ0v) is 23.3. The van der Waals surface area contributed by atoms with E-state index in [9.17, 15) is 9.90 Å². The van der Waals surface area contributed by atoms with Crippen LogP contribution >= 0.6 is 11.3 Å². The summed E-state index contributed by atoms with van der Waals surface area (Å²) in [7, 11) is 2.09. The van der Waals surface area contributed by atoms with Crippen LogP contribution in [0.25, 0.3) is 10.5 Å². The van der Waals surface area contributed by atoms with Crippen molar-refractivity contribution in [1.29, 1.82) is 0 Å². The van der Waals surface area contributed by atoms with Gasteiger partial charge in [-0.1, -0.05) is 67.5 Å². The Labute approximate surface area is 205 Å². The number of hydrogen-bond donors (Lipinski definition) is 1. The molecule has 0 fully saturated rings. The average molecular weight is 476 g/mol. The summed E-state index contributed by atoms with van der Waals surface area (Å²) < 4.78 is 2.17. The zero-order valence-electron chi connectivity index (χ0n) is 22.5. The van der Waals surface area contributed by atoms with Gasteiger partial charge in [0, 0.05) is 29.1 Å². The van der Waals surface area contributed by atoms with Gasteiger partial charge in [0.25, 0.3) is 0 Å². The highest BCUT2D eigenvalue weighted by Crippen LogP contribution is 2.49. The summed E-state index contributed by atoms with van der Waals surface area (Å²) in [6, 6.07) is 0. The van der Waals surface area contributed by atoms with E-state index in [0.717, 1.165) is 48.6 Å². The Morgan fingerprint density at radius 1 is 1.21 bits per heavy atom. The normalized spacial score (nSPS) is 18.3. The summed E-state index contributed by atoms with van der Waals surface area (Å²) in [6.07, 6.45) is 6.87. The van der Waals surface area contributed by atoms with Gasteiger partial charge in [0.05, 0.1) is 5.69 Å². The molecule has 4 rings (SSSR count). The molecule has 1 aliphatic heterocycles. The summed E-state index contributed by atoms with van der Waals surface area (Å²) in [4.78, 5) is 20.9. The first-order valence-corrected chi connectivity index (χ1v) is 13.1. The number of thiazole rings is 1. The van der Waals surface area contributed by atoms with Crippen molar-refractivity contribution in [2.24, 2.45) is 5.41 Å². The third-order valence-corrected chi connectivity index (χ3v) is 7.12. The first kappa shape index (κ1) is 29.1. The van der Waals surface area contributed by atoms with Gasteiger partial charge < -0.3 is 10.0 Å². The predicted octanol–water partition coefficient (Wildman–Crippen LogP) is 7.31. The number of aromatic carboxylic acids is 1. The number of carboxylic acids is 1. The molecule has 2 aromatic heterocycles. The molecule has 1 N–H and O–H groups in total. The van der Waals surface area contributed by atoms with Gasteiger partial charge in [-0.2, -0.15) is 0 Å². The number of aromatic nitrogens is 2. The van der Waals surface area contributed by atoms with E-state index >= 15 is 0 Å². The lowest BCUT2D eigenvalue weighted by Crippen LogP contribution is -2.34. The van der Waals surface area contributed by atoms with E-state index in [2.05, 4.69) is 61.7 Å². The van der Waals surface area contributed by atoms with Crippen molar-refractivity contribution in [2.75, 3.05) is 20.1 Å². The molecule has 0 unspecified atom stereocenters. The van der Waals surface area contributed by atoms with Crippen LogP contribution in [0.1, 0.15) is 102 Å². The van der Waals surface area contributed by atoms with E-state index in [-0.39, 0.29) is 16.5 Å². The first-order chi connectivity index (χ1) is 15.5. The highest BCUT2D eigenvalue weighted by Gasteiger charge is 2.41. The van der Waals surface area contributed by atoms with E-state index in [1.54, 1.807) is 17.4 Å². The van der Waals surface area contributed by atoms with Gasteiger partial charge in [0.15, 0.2) is 10.7 Å². The number of likely N-dealkylation sites (N-methyl/N-ethyl adjacent to an activating group) is 1. The number of imidazole rings is 1. The SMILES string of the molecule is C=CC.CC.CC.CN1CC=C(c2c(C(=O)O)nc3sc4c(n23)CC(C)(C)CC4(C)C)CC1. The Morgan fingerprint density at radius 2 is 1.79 bits per heavy atom. The van der Waals surface area contributed by atoms with Crippen LogP contribution in [0.4, 0.5) is 0 Å². The van der Waals surface area contributed by atoms with Gasteiger partial charge >= 0.3 is 5.97 Å². The number of carboxylic acid groups (broad SMARTS) is 1. The molecule has 0 radical (unpaired) electrons. The van der Waals surface area contributed by atoms with E-state index in [0.29, 0.717) is 0 Å². The van der Waals surface area contributed by atoms with Crippen LogP contribution < -0.4 is 0 Å². The fourth-order valence-corrected chi connectivity index (χ4v) is 6.12. The average Bonchev–Trinajstić information content (AvgIpc) is 3.29. The molecule has 1 aliphatic carbocycles. The second-order valence-corrected chi connectivity index (χ2v) is 10.6. The van der Waals surface area contributed by atoms with Gasteiger partial charge in [0.2, 0.25) is 0 Å². The molecule has 0 bridgehead atoms. The lowest BCUT2D eigenvalue weighted by atomic mass is 9.67. The van der Waals surface area contributed by atoms with Crippen molar-refractivity contribution < 1.29 is 9.90 Å². The maximum absolute atomic E-state index is 11.9. The third kappa shape index (κ3) is 6.36. The Bertz CT molecular complexity index is 979. The fraction of sp³-hybridized carbons (Fsp3) is 0.630. The number of carbonyl (C=O) groups is 1. The van der Waals surface area contributed by atoms with Crippen LogP contribution in [0.3, 0.4) is 0 Å². The minimum Gasteiger partial charge on any atom is -0.476 e. The van der Waals surface area contributed by atoms with E-state index in [4.69, 9.17) is 0 Å². The summed E-state index contributed by atoms with van der Waals surface area (Å²) in [5.41, 5.74) is 3.68. The quantitative estimate of drug-likeness (QED) is 0.463. The molecule has 33 heavy (non-hydrogen) atoms. The number of hydrogen-bond acceptors (Lipinski definition) is 4. The number of allylic oxidation sites excluding steroid dienone is 1. The molecule has 0 aromatic carbocycles. The molecule has 6 heteroatoms. The molecule has 0 spiro atoms. The molecule has 0 saturated heterocycles. The highest BCUT2D eigenvalue weighted by atomic mass is 32.1. The number of rotatable bonds is 2. The topological polar surface area (TPSA) is 57.8 Å². The van der Waals surface area contributed by atoms with Gasteiger partial charge in [0.1, 0.15) is 0 Å². The monoisotopic (exact) mass is 475 g/mol. The van der Waals surface area contributed by atoms with Crippen LogP contribution in [0.2, 0.25) is 0 Å². The lowest BCUT2D eigenvalue weighted by Gasteiger charge is -2.40. The van der Waals surface area contributed by atoms with Crippen molar-refractivity contribution in [3.63, 3.8) is 0 Å². The summed E-state index contributed by atoms with van der Waals surface area (Å²) in [5.74, 6) is -0.932. The van der Waals surface area contributed by atoms with E-state index < -0.39 is 5.97 Å². The van der Waals surface area contributed by atoms with E-state index in [1.807, 2.05) is 34.6 Å². The molecular formula is C27H45N3O2S. The van der Waals surface area contributed by atoms with Crippen molar-refractivity contribution in [2.45, 2.75) is 87.0 Å². The Morgan fingerprint density at radius 3 is 2.27 bits per heavy atom. The van der Waals surface area contributed by atoms with Crippen molar-refractivity contribution in [1.82, 2.24) is 14.3 Å². The van der Waals surface area contributed by atoms with E-state index in [1.165, 1.54) is 10.6 Å². The minimum atomic E-state index is -0.932. The largest absolute Gasteiger partial charge is 0.476 e. The molecule has 5 nitrogen and oxygen atoms in total. The molecular weight excluding hydrogens is 430 g/mol. The maximum Gasteiger partial charge on any atom is 0.356 e. The molecule has 0 atom stereocenters. The smallest absolute Gasteiger partial charge is 0.356 e. The molecule has 186 valence electrons. The van der Waals surface area contributed by atoms with Gasteiger partial charge in [-0.3, -0.25) is 4.40 Å². The number of nitrogens with zero attached hydrogens (tertiary/aromatic N) is 3. The van der Waals surface area contributed by atoms with Crippen molar-refractivity contribution >= 4 is 27.8 Å². The maximum atomic E-state index is 11.9. The molecule has 0 amide bonds. The van der Waals surface area contributed by atoms with Gasteiger partial charge in [-0.25, -0.2) is 9.78 Å². The van der Waals surface area contributed by atoms with Crippen LogP contribution in [-0.4, -0.2) is 45.5 Å². The zero-order chi connectivity index (χ0) is 25.6. The molecule has 2 aliphatic rings. The van der Waals surface area contributed by atoms with Crippen molar-refractivity contribution in [3.8, 4) is 0 Å². The van der Waals surface area contributed by atoms with Crippen LogP contribution in [-0.2, 0) is 11.8 Å². The molecule has 0 saturated carbocycles. The Balaban J connectivity index is 0.000000705. The van der Waals surface area contributed by atoms with Gasteiger partial charge in [-0.15, -0.1) is 17.9 Å². The number of fused-ring (bicyclic) bond motifs is 3. The third-order valence-electron chi connectivity index (χ3n) is 5.67. The second-order valence-electron chi connectivity index (χ2n) is 9.66. The van der Waals surface area contributed by atoms with Crippen molar-refractivity contribution in [3.05, 3.63) is 40.7 Å². The van der Waals surface area contributed by atoms with Crippen LogP contribution in [0.15, 0.2) is 18.7 Å². The fourth-order valence-electron chi connectivity index (χ4n) is 4.88. The van der Waals surface area contributed by atoms with Crippen LogP contribution in [0.5, 0.6) is 0 Å². The highest BCUT2D eigenvalue weighted by molar-refractivity contribution is 7.17. The minimum absolute atomic E-state index is 0.0876. The molecule has 3 heterocycles. The summed E-state index contributed by atoms with van der Waals surface area (Å²) in [5, 5.41) is 9.77. The Kier molecular flexibility index (Phi) is 10.6. The summed E-state index contributed by atoms with van der Waals surface area (Å²) >= 11 is 1.68. The molecule has 2 aromatic rings. The standard InChI is InChI=1S/C20H27N3O2S.C3H6.2C2H6/c1-19(2)10-13-16(20(3,4)11-19)26-18-21-14(17(24)25)15(23(13)18)12-6-8-22(5)9-7-12;1-3-2;2*1-2/h6H,7-11H2,1-5H3,(H,24,25);3H,1H2,2H3;2*1-2H3. The summed E-state index contributed by atoms with van der Waals surface area (Å²) in [6.45, 7) is 24.3.